The van der Waals surface area contributed by atoms with Crippen molar-refractivity contribution in [2.45, 2.75) is 44.6 Å². The summed E-state index contributed by atoms with van der Waals surface area (Å²) >= 11 is 4.00. The van der Waals surface area contributed by atoms with E-state index in [4.69, 9.17) is 0 Å². The molecule has 0 spiro atoms. The van der Waals surface area contributed by atoms with Gasteiger partial charge in [0.25, 0.3) is 0 Å². The molecule has 1 unspecified atom stereocenters. The van der Waals surface area contributed by atoms with Crippen molar-refractivity contribution in [3.63, 3.8) is 0 Å². The number of aliphatic hydroxyl groups is 1. The number of aliphatic hydroxyl groups excluding tert-OH is 1. The van der Waals surface area contributed by atoms with Gasteiger partial charge in [-0.2, -0.15) is 0 Å². The van der Waals surface area contributed by atoms with Gasteiger partial charge in [-0.3, -0.25) is 0 Å². The van der Waals surface area contributed by atoms with Crippen LogP contribution in [0, 0.1) is 9.49 Å². The summed E-state index contributed by atoms with van der Waals surface area (Å²) in [4.78, 5) is 1.17. The van der Waals surface area contributed by atoms with Gasteiger partial charge < -0.3 is 5.11 Å². The third kappa shape index (κ3) is 3.17. The highest BCUT2D eigenvalue weighted by Gasteiger charge is 2.20. The lowest BCUT2D eigenvalue weighted by Gasteiger charge is -2.23. The number of halogens is 1. The van der Waals surface area contributed by atoms with E-state index in [0.717, 1.165) is 12.3 Å². The van der Waals surface area contributed by atoms with Crippen molar-refractivity contribution in [2.24, 2.45) is 5.92 Å². The molecule has 3 heteroatoms. The van der Waals surface area contributed by atoms with Crippen LogP contribution in [0.5, 0.6) is 0 Å². The highest BCUT2D eigenvalue weighted by Crippen LogP contribution is 2.35. The summed E-state index contributed by atoms with van der Waals surface area (Å²) in [5.41, 5.74) is 0. The van der Waals surface area contributed by atoms with Gasteiger partial charge in [0, 0.05) is 8.45 Å². The first-order valence-electron chi connectivity index (χ1n) is 5.68. The quantitative estimate of drug-likeness (QED) is 0.814. The molecule has 1 aliphatic rings. The summed E-state index contributed by atoms with van der Waals surface area (Å²) in [6.07, 6.45) is 7.50. The maximum absolute atomic E-state index is 10.1. The van der Waals surface area contributed by atoms with Crippen LogP contribution in [0.1, 0.15) is 49.5 Å². The van der Waals surface area contributed by atoms with Crippen molar-refractivity contribution in [3.8, 4) is 0 Å². The molecule has 2 rings (SSSR count). The highest BCUT2D eigenvalue weighted by molar-refractivity contribution is 14.1. The van der Waals surface area contributed by atoms with Crippen LogP contribution in [-0.4, -0.2) is 5.11 Å². The van der Waals surface area contributed by atoms with E-state index in [-0.39, 0.29) is 6.10 Å². The standard InChI is InChI=1S/C12H17IOS/c13-10-6-7-15-12(10)11(14)8-9-4-2-1-3-5-9/h6-7,9,11,14H,1-5,8H2. The van der Waals surface area contributed by atoms with Crippen LogP contribution >= 0.6 is 33.9 Å². The van der Waals surface area contributed by atoms with Crippen LogP contribution in [0.15, 0.2) is 11.4 Å². The molecule has 84 valence electrons. The van der Waals surface area contributed by atoms with Crippen molar-refractivity contribution in [3.05, 3.63) is 19.9 Å². The minimum absolute atomic E-state index is 0.222. The molecule has 1 nitrogen and oxygen atoms in total. The average molecular weight is 336 g/mol. The lowest BCUT2D eigenvalue weighted by Crippen LogP contribution is -2.10. The Labute approximate surface area is 109 Å². The number of hydrogen-bond donors (Lipinski definition) is 1. The van der Waals surface area contributed by atoms with Crippen molar-refractivity contribution < 1.29 is 5.11 Å². The smallest absolute Gasteiger partial charge is 0.0895 e. The number of thiophene rings is 1. The second kappa shape index (κ2) is 5.64. The third-order valence-corrected chi connectivity index (χ3v) is 5.55. The first kappa shape index (κ1) is 11.9. The molecule has 1 aromatic heterocycles. The second-order valence-corrected chi connectivity index (χ2v) is 6.50. The third-order valence-electron chi connectivity index (χ3n) is 3.23. The van der Waals surface area contributed by atoms with Crippen molar-refractivity contribution in [2.75, 3.05) is 0 Å². The molecule has 0 radical (unpaired) electrons. The fourth-order valence-electron chi connectivity index (χ4n) is 2.39. The Morgan fingerprint density at radius 2 is 2.13 bits per heavy atom. The molecule has 15 heavy (non-hydrogen) atoms. The minimum atomic E-state index is -0.222. The molecule has 0 aromatic carbocycles. The molecule has 1 aromatic rings. The van der Waals surface area contributed by atoms with Crippen LogP contribution in [0.3, 0.4) is 0 Å². The van der Waals surface area contributed by atoms with E-state index in [1.165, 1.54) is 40.6 Å². The molecule has 1 aliphatic carbocycles. The van der Waals surface area contributed by atoms with Crippen molar-refractivity contribution in [1.82, 2.24) is 0 Å². The second-order valence-electron chi connectivity index (χ2n) is 4.39. The zero-order valence-electron chi connectivity index (χ0n) is 8.79. The molecule has 0 bridgehead atoms. The van der Waals surface area contributed by atoms with Crippen LogP contribution in [0.25, 0.3) is 0 Å². The van der Waals surface area contributed by atoms with E-state index in [1.807, 2.05) is 0 Å². The molecule has 1 atom stereocenters. The molecule has 0 amide bonds. The van der Waals surface area contributed by atoms with Gasteiger partial charge >= 0.3 is 0 Å². The van der Waals surface area contributed by atoms with Gasteiger partial charge in [-0.1, -0.05) is 32.1 Å². The van der Waals surface area contributed by atoms with E-state index in [0.29, 0.717) is 0 Å². The van der Waals surface area contributed by atoms with E-state index in [2.05, 4.69) is 34.0 Å². The Hall–Kier alpha value is 0.390. The van der Waals surface area contributed by atoms with Gasteiger partial charge in [-0.25, -0.2) is 0 Å². The molecule has 0 saturated heterocycles. The van der Waals surface area contributed by atoms with Gasteiger partial charge in [0.1, 0.15) is 0 Å². The Morgan fingerprint density at radius 3 is 2.73 bits per heavy atom. The van der Waals surface area contributed by atoms with Gasteiger partial charge in [-0.15, -0.1) is 11.3 Å². The number of hydrogen-bond acceptors (Lipinski definition) is 2. The van der Waals surface area contributed by atoms with Crippen molar-refractivity contribution in [1.29, 1.82) is 0 Å². The zero-order chi connectivity index (χ0) is 10.7. The first-order valence-corrected chi connectivity index (χ1v) is 7.64. The van der Waals surface area contributed by atoms with Gasteiger partial charge in [0.2, 0.25) is 0 Å². The molecular weight excluding hydrogens is 319 g/mol. The zero-order valence-corrected chi connectivity index (χ0v) is 11.8. The fraction of sp³-hybridized carbons (Fsp3) is 0.667. The summed E-state index contributed by atoms with van der Waals surface area (Å²) in [6, 6.07) is 2.09. The molecular formula is C12H17IOS. The normalized spacial score (nSPS) is 20.4. The van der Waals surface area contributed by atoms with Gasteiger partial charge in [0.15, 0.2) is 0 Å². The number of rotatable bonds is 3. The van der Waals surface area contributed by atoms with Gasteiger partial charge in [0.05, 0.1) is 6.10 Å². The summed E-state index contributed by atoms with van der Waals surface area (Å²) in [5.74, 6) is 0.756. The lowest BCUT2D eigenvalue weighted by molar-refractivity contribution is 0.134. The van der Waals surface area contributed by atoms with E-state index in [1.54, 1.807) is 11.3 Å². The summed E-state index contributed by atoms with van der Waals surface area (Å²) < 4.78 is 1.22. The predicted octanol–water partition coefficient (Wildman–Crippen LogP) is 4.36. The molecule has 0 aliphatic heterocycles. The Kier molecular flexibility index (Phi) is 4.46. The Morgan fingerprint density at radius 1 is 1.40 bits per heavy atom. The van der Waals surface area contributed by atoms with Crippen LogP contribution in [0.2, 0.25) is 0 Å². The van der Waals surface area contributed by atoms with E-state index in [9.17, 15) is 5.11 Å². The monoisotopic (exact) mass is 336 g/mol. The first-order chi connectivity index (χ1) is 7.27. The maximum Gasteiger partial charge on any atom is 0.0895 e. The fourth-order valence-corrected chi connectivity index (χ4v) is 4.34. The van der Waals surface area contributed by atoms with Crippen LogP contribution in [0.4, 0.5) is 0 Å². The van der Waals surface area contributed by atoms with Gasteiger partial charge in [-0.05, 0) is 46.4 Å². The predicted molar refractivity (Wildman–Crippen MR) is 73.2 cm³/mol. The largest absolute Gasteiger partial charge is 0.388 e. The summed E-state index contributed by atoms with van der Waals surface area (Å²) in [7, 11) is 0. The minimum Gasteiger partial charge on any atom is -0.388 e. The molecule has 1 heterocycles. The molecule has 1 saturated carbocycles. The summed E-state index contributed by atoms with van der Waals surface area (Å²) in [5, 5.41) is 12.2. The lowest BCUT2D eigenvalue weighted by atomic mass is 9.85. The highest BCUT2D eigenvalue weighted by atomic mass is 127. The van der Waals surface area contributed by atoms with E-state index >= 15 is 0 Å². The maximum atomic E-state index is 10.1. The summed E-state index contributed by atoms with van der Waals surface area (Å²) in [6.45, 7) is 0. The van der Waals surface area contributed by atoms with Crippen LogP contribution in [-0.2, 0) is 0 Å². The van der Waals surface area contributed by atoms with E-state index < -0.39 is 0 Å². The Bertz CT molecular complexity index is 304. The van der Waals surface area contributed by atoms with Crippen LogP contribution < -0.4 is 0 Å². The Balaban J connectivity index is 1.91. The molecule has 1 fully saturated rings. The van der Waals surface area contributed by atoms with Crippen molar-refractivity contribution >= 4 is 33.9 Å². The SMILES string of the molecule is OC(CC1CCCCC1)c1sccc1I. The topological polar surface area (TPSA) is 20.2 Å². The molecule has 1 N–H and O–H groups in total. The average Bonchev–Trinajstić information content (AvgIpc) is 2.66.